The lowest BCUT2D eigenvalue weighted by Gasteiger charge is -2.33. The summed E-state index contributed by atoms with van der Waals surface area (Å²) in [5.74, 6) is 0.0840. The Bertz CT molecular complexity index is 601. The molecule has 2 heterocycles. The maximum absolute atomic E-state index is 12.6. The molecule has 1 aliphatic heterocycles. The van der Waals surface area contributed by atoms with Crippen LogP contribution < -0.4 is 5.32 Å². The van der Waals surface area contributed by atoms with Gasteiger partial charge in [-0.2, -0.15) is 0 Å². The SMILES string of the molecule is CC(C)(C)OC(=O)NC[C@@H]1CCCN(C(=O)c2cccnc2Cl)C1. The molecular formula is C17H24ClN3O3. The number of hydrogen-bond acceptors (Lipinski definition) is 4. The van der Waals surface area contributed by atoms with E-state index in [1.807, 2.05) is 20.8 Å². The van der Waals surface area contributed by atoms with Gasteiger partial charge in [0.15, 0.2) is 0 Å². The first-order chi connectivity index (χ1) is 11.3. The maximum Gasteiger partial charge on any atom is 0.407 e. The highest BCUT2D eigenvalue weighted by Gasteiger charge is 2.26. The minimum absolute atomic E-state index is 0.116. The number of rotatable bonds is 3. The van der Waals surface area contributed by atoms with Gasteiger partial charge in [0.2, 0.25) is 0 Å². The van der Waals surface area contributed by atoms with Gasteiger partial charge in [-0.1, -0.05) is 11.6 Å². The van der Waals surface area contributed by atoms with Crippen LogP contribution in [0.2, 0.25) is 5.15 Å². The van der Waals surface area contributed by atoms with Crippen LogP contribution in [0, 0.1) is 5.92 Å². The van der Waals surface area contributed by atoms with E-state index in [-0.39, 0.29) is 17.0 Å². The second-order valence-electron chi connectivity index (χ2n) is 6.98. The minimum Gasteiger partial charge on any atom is -0.444 e. The van der Waals surface area contributed by atoms with E-state index in [2.05, 4.69) is 10.3 Å². The second kappa shape index (κ2) is 7.83. The first-order valence-corrected chi connectivity index (χ1v) is 8.50. The lowest BCUT2D eigenvalue weighted by molar-refractivity contribution is 0.0502. The van der Waals surface area contributed by atoms with Crippen LogP contribution in [0.5, 0.6) is 0 Å². The number of carbonyl (C=O) groups excluding carboxylic acids is 2. The number of hydrogen-bond donors (Lipinski definition) is 1. The molecule has 0 bridgehead atoms. The molecule has 7 heteroatoms. The van der Waals surface area contributed by atoms with Crippen molar-refractivity contribution < 1.29 is 14.3 Å². The zero-order valence-electron chi connectivity index (χ0n) is 14.3. The Labute approximate surface area is 147 Å². The van der Waals surface area contributed by atoms with Crippen molar-refractivity contribution in [1.29, 1.82) is 0 Å². The predicted octanol–water partition coefficient (Wildman–Crippen LogP) is 3.11. The Balaban J connectivity index is 1.89. The quantitative estimate of drug-likeness (QED) is 0.847. The van der Waals surface area contributed by atoms with Gasteiger partial charge in [-0.25, -0.2) is 9.78 Å². The summed E-state index contributed by atoms with van der Waals surface area (Å²) in [5.41, 5.74) is -0.102. The first-order valence-electron chi connectivity index (χ1n) is 8.13. The smallest absolute Gasteiger partial charge is 0.407 e. The van der Waals surface area contributed by atoms with Crippen molar-refractivity contribution >= 4 is 23.6 Å². The van der Waals surface area contributed by atoms with E-state index in [0.717, 1.165) is 12.8 Å². The predicted molar refractivity (Wildman–Crippen MR) is 92.1 cm³/mol. The second-order valence-corrected chi connectivity index (χ2v) is 7.34. The lowest BCUT2D eigenvalue weighted by atomic mass is 9.97. The van der Waals surface area contributed by atoms with Crippen molar-refractivity contribution in [2.45, 2.75) is 39.2 Å². The molecule has 132 valence electrons. The average Bonchev–Trinajstić information content (AvgIpc) is 2.51. The van der Waals surface area contributed by atoms with Gasteiger partial charge in [-0.15, -0.1) is 0 Å². The van der Waals surface area contributed by atoms with E-state index < -0.39 is 11.7 Å². The van der Waals surface area contributed by atoms with Gasteiger partial charge >= 0.3 is 6.09 Å². The summed E-state index contributed by atoms with van der Waals surface area (Å²) in [4.78, 5) is 30.0. The summed E-state index contributed by atoms with van der Waals surface area (Å²) in [6.45, 7) is 7.23. The van der Waals surface area contributed by atoms with E-state index in [0.29, 0.717) is 25.2 Å². The molecule has 2 rings (SSSR count). The fraction of sp³-hybridized carbons (Fsp3) is 0.588. The Morgan fingerprint density at radius 2 is 2.21 bits per heavy atom. The van der Waals surface area contributed by atoms with E-state index >= 15 is 0 Å². The van der Waals surface area contributed by atoms with Crippen molar-refractivity contribution in [1.82, 2.24) is 15.2 Å². The highest BCUT2D eigenvalue weighted by molar-refractivity contribution is 6.32. The molecule has 0 saturated carbocycles. The highest BCUT2D eigenvalue weighted by atomic mass is 35.5. The molecular weight excluding hydrogens is 330 g/mol. The molecule has 1 N–H and O–H groups in total. The molecule has 1 fully saturated rings. The standard InChI is InChI=1S/C17H24ClN3O3/c1-17(2,3)24-16(23)20-10-12-6-5-9-21(11-12)15(22)13-7-4-8-19-14(13)18/h4,7-8,12H,5-6,9-11H2,1-3H3,(H,20,23)/t12-/m0/s1. The van der Waals surface area contributed by atoms with Crippen LogP contribution in [-0.4, -0.2) is 47.1 Å². The van der Waals surface area contributed by atoms with Gasteiger partial charge in [-0.05, 0) is 51.7 Å². The van der Waals surface area contributed by atoms with E-state index in [1.165, 1.54) is 0 Å². The summed E-state index contributed by atoms with van der Waals surface area (Å²) in [6, 6.07) is 3.38. The molecule has 24 heavy (non-hydrogen) atoms. The number of nitrogens with one attached hydrogen (secondary N) is 1. The molecule has 6 nitrogen and oxygen atoms in total. The van der Waals surface area contributed by atoms with E-state index in [9.17, 15) is 9.59 Å². The Morgan fingerprint density at radius 1 is 1.46 bits per heavy atom. The third-order valence-electron chi connectivity index (χ3n) is 3.73. The summed E-state index contributed by atoms with van der Waals surface area (Å²) >= 11 is 6.01. The van der Waals surface area contributed by atoms with Crippen LogP contribution >= 0.6 is 11.6 Å². The molecule has 1 aliphatic rings. The van der Waals surface area contributed by atoms with Crippen molar-refractivity contribution in [3.63, 3.8) is 0 Å². The van der Waals surface area contributed by atoms with Gasteiger partial charge in [0, 0.05) is 25.8 Å². The van der Waals surface area contributed by atoms with Crippen LogP contribution in [-0.2, 0) is 4.74 Å². The molecule has 1 saturated heterocycles. The summed E-state index contributed by atoms with van der Waals surface area (Å²) in [5, 5.41) is 3.00. The van der Waals surface area contributed by atoms with Crippen molar-refractivity contribution in [3.8, 4) is 0 Å². The van der Waals surface area contributed by atoms with Crippen LogP contribution in [0.15, 0.2) is 18.3 Å². The number of aromatic nitrogens is 1. The average molecular weight is 354 g/mol. The number of piperidine rings is 1. The summed E-state index contributed by atoms with van der Waals surface area (Å²) in [7, 11) is 0. The Hall–Kier alpha value is -1.82. The van der Waals surface area contributed by atoms with Crippen LogP contribution in [0.25, 0.3) is 0 Å². The number of pyridine rings is 1. The molecule has 0 spiro atoms. The number of ether oxygens (including phenoxy) is 1. The monoisotopic (exact) mass is 353 g/mol. The number of carbonyl (C=O) groups is 2. The van der Waals surface area contributed by atoms with E-state index in [1.54, 1.807) is 23.2 Å². The molecule has 0 aromatic carbocycles. The third kappa shape index (κ3) is 5.37. The van der Waals surface area contributed by atoms with Gasteiger partial charge < -0.3 is 15.0 Å². The van der Waals surface area contributed by atoms with Crippen molar-refractivity contribution in [2.24, 2.45) is 5.92 Å². The Morgan fingerprint density at radius 3 is 2.88 bits per heavy atom. The molecule has 2 amide bonds. The lowest BCUT2D eigenvalue weighted by Crippen LogP contribution is -2.44. The molecule has 0 unspecified atom stereocenters. The van der Waals surface area contributed by atoms with Gasteiger partial charge in [0.05, 0.1) is 5.56 Å². The fourth-order valence-corrected chi connectivity index (χ4v) is 2.87. The topological polar surface area (TPSA) is 71.5 Å². The molecule has 1 atom stereocenters. The van der Waals surface area contributed by atoms with Gasteiger partial charge in [-0.3, -0.25) is 4.79 Å². The van der Waals surface area contributed by atoms with Crippen LogP contribution in [0.1, 0.15) is 44.0 Å². The highest BCUT2D eigenvalue weighted by Crippen LogP contribution is 2.21. The van der Waals surface area contributed by atoms with Crippen LogP contribution in [0.3, 0.4) is 0 Å². The Kier molecular flexibility index (Phi) is 6.04. The van der Waals surface area contributed by atoms with Gasteiger partial charge in [0.25, 0.3) is 5.91 Å². The maximum atomic E-state index is 12.6. The van der Waals surface area contributed by atoms with Gasteiger partial charge in [0.1, 0.15) is 10.8 Å². The minimum atomic E-state index is -0.518. The number of amides is 2. The number of halogens is 1. The third-order valence-corrected chi connectivity index (χ3v) is 4.03. The zero-order chi connectivity index (χ0) is 17.7. The normalized spacial score (nSPS) is 18.2. The van der Waals surface area contributed by atoms with Crippen LogP contribution in [0.4, 0.5) is 4.79 Å². The number of alkyl carbamates (subject to hydrolysis) is 1. The first kappa shape index (κ1) is 18.5. The molecule has 1 aromatic rings. The van der Waals surface area contributed by atoms with E-state index in [4.69, 9.17) is 16.3 Å². The summed E-state index contributed by atoms with van der Waals surface area (Å²) < 4.78 is 5.23. The fourth-order valence-electron chi connectivity index (χ4n) is 2.67. The molecule has 0 aliphatic carbocycles. The molecule has 1 aromatic heterocycles. The number of likely N-dealkylation sites (tertiary alicyclic amines) is 1. The largest absolute Gasteiger partial charge is 0.444 e. The number of nitrogens with zero attached hydrogens (tertiary/aromatic N) is 2. The van der Waals surface area contributed by atoms with Crippen molar-refractivity contribution in [3.05, 3.63) is 29.0 Å². The molecule has 0 radical (unpaired) electrons. The summed E-state index contributed by atoms with van der Waals surface area (Å²) in [6.07, 6.45) is 2.98. The zero-order valence-corrected chi connectivity index (χ0v) is 15.1. The van der Waals surface area contributed by atoms with Crippen molar-refractivity contribution in [2.75, 3.05) is 19.6 Å².